The van der Waals surface area contributed by atoms with Crippen molar-refractivity contribution < 1.29 is 4.74 Å². The quantitative estimate of drug-likeness (QED) is 0.294. The van der Waals surface area contributed by atoms with Gasteiger partial charge in [0.15, 0.2) is 5.96 Å². The van der Waals surface area contributed by atoms with Gasteiger partial charge in [0.25, 0.3) is 0 Å². The van der Waals surface area contributed by atoms with Crippen molar-refractivity contribution in [1.29, 1.82) is 0 Å². The van der Waals surface area contributed by atoms with Crippen LogP contribution < -0.4 is 11.1 Å². The molecular weight excluding hydrogens is 377 g/mol. The number of unbranched alkanes of at least 4 members (excludes halogenated alkanes) is 1. The third-order valence-electron chi connectivity index (χ3n) is 5.06. The van der Waals surface area contributed by atoms with Crippen LogP contribution in [0.1, 0.15) is 59.3 Å². The summed E-state index contributed by atoms with van der Waals surface area (Å²) in [5, 5.41) is 3.38. The first-order valence-electron chi connectivity index (χ1n) is 8.22. The van der Waals surface area contributed by atoms with E-state index in [1.807, 2.05) is 0 Å². The van der Waals surface area contributed by atoms with Crippen LogP contribution in [0.3, 0.4) is 0 Å². The van der Waals surface area contributed by atoms with Gasteiger partial charge in [-0.25, -0.2) is 0 Å². The Morgan fingerprint density at radius 1 is 1.38 bits per heavy atom. The Hall–Kier alpha value is -0.0400. The highest BCUT2D eigenvalue weighted by molar-refractivity contribution is 14.0. The molecule has 2 atom stereocenters. The highest BCUT2D eigenvalue weighted by Gasteiger charge is 2.49. The van der Waals surface area contributed by atoms with Crippen LogP contribution in [0.2, 0.25) is 0 Å². The van der Waals surface area contributed by atoms with Crippen LogP contribution in [0.5, 0.6) is 0 Å². The fraction of sp³-hybridized carbons (Fsp3) is 0.938. The first kappa shape index (κ1) is 19.0. The maximum absolute atomic E-state index is 6.00. The zero-order valence-electron chi connectivity index (χ0n) is 13.7. The molecule has 0 aromatic rings. The fourth-order valence-electron chi connectivity index (χ4n) is 2.91. The molecular formula is C16H32IN3O. The summed E-state index contributed by atoms with van der Waals surface area (Å²) in [6.07, 6.45) is 7.73. The number of rotatable bonds is 7. The van der Waals surface area contributed by atoms with Crippen molar-refractivity contribution in [3.63, 3.8) is 0 Å². The molecule has 3 N–H and O–H groups in total. The Kier molecular flexibility index (Phi) is 7.74. The van der Waals surface area contributed by atoms with E-state index in [9.17, 15) is 0 Å². The van der Waals surface area contributed by atoms with Crippen LogP contribution in [0, 0.1) is 11.3 Å². The molecule has 0 spiro atoms. The number of nitrogens with two attached hydrogens (primary N) is 1. The van der Waals surface area contributed by atoms with Gasteiger partial charge in [0, 0.05) is 24.6 Å². The highest BCUT2D eigenvalue weighted by atomic mass is 127. The molecule has 2 rings (SSSR count). The monoisotopic (exact) mass is 409 g/mol. The zero-order chi connectivity index (χ0) is 14.6. The van der Waals surface area contributed by atoms with Crippen molar-refractivity contribution in [2.24, 2.45) is 22.1 Å². The van der Waals surface area contributed by atoms with Crippen LogP contribution in [0.4, 0.5) is 0 Å². The smallest absolute Gasteiger partial charge is 0.188 e. The van der Waals surface area contributed by atoms with E-state index in [0.717, 1.165) is 31.9 Å². The Morgan fingerprint density at radius 3 is 2.62 bits per heavy atom. The van der Waals surface area contributed by atoms with E-state index in [1.165, 1.54) is 25.7 Å². The van der Waals surface area contributed by atoms with E-state index in [0.29, 0.717) is 18.1 Å². The van der Waals surface area contributed by atoms with Crippen molar-refractivity contribution in [3.05, 3.63) is 0 Å². The molecule has 0 saturated heterocycles. The van der Waals surface area contributed by atoms with Crippen LogP contribution in [0.15, 0.2) is 4.99 Å². The van der Waals surface area contributed by atoms with Crippen LogP contribution in [0.25, 0.3) is 0 Å². The van der Waals surface area contributed by atoms with Gasteiger partial charge >= 0.3 is 0 Å². The Balaban J connectivity index is 0.00000220. The van der Waals surface area contributed by atoms with E-state index in [1.54, 1.807) is 0 Å². The van der Waals surface area contributed by atoms with E-state index in [4.69, 9.17) is 10.5 Å². The Bertz CT molecular complexity index is 342. The van der Waals surface area contributed by atoms with Crippen molar-refractivity contribution in [3.8, 4) is 0 Å². The third kappa shape index (κ3) is 4.98. The fourth-order valence-corrected chi connectivity index (χ4v) is 2.91. The third-order valence-corrected chi connectivity index (χ3v) is 5.06. The van der Waals surface area contributed by atoms with Gasteiger partial charge in [-0.15, -0.1) is 24.0 Å². The number of guanidine groups is 1. The molecule has 0 aromatic heterocycles. The number of nitrogens with zero attached hydrogens (tertiary/aromatic N) is 1. The van der Waals surface area contributed by atoms with Crippen LogP contribution in [-0.2, 0) is 4.74 Å². The molecule has 2 aliphatic carbocycles. The summed E-state index contributed by atoms with van der Waals surface area (Å²) in [4.78, 5) is 4.48. The lowest BCUT2D eigenvalue weighted by Crippen LogP contribution is -2.63. The van der Waals surface area contributed by atoms with Gasteiger partial charge in [0.2, 0.25) is 0 Å². The zero-order valence-corrected chi connectivity index (χ0v) is 16.1. The largest absolute Gasteiger partial charge is 0.378 e. The number of nitrogens with one attached hydrogen (secondary N) is 1. The van der Waals surface area contributed by atoms with E-state index >= 15 is 0 Å². The predicted octanol–water partition coefficient (Wildman–Crippen LogP) is 3.29. The van der Waals surface area contributed by atoms with Crippen molar-refractivity contribution in [1.82, 2.24) is 5.32 Å². The maximum Gasteiger partial charge on any atom is 0.188 e. The van der Waals surface area contributed by atoms with Gasteiger partial charge in [-0.2, -0.15) is 0 Å². The summed E-state index contributed by atoms with van der Waals surface area (Å²) in [6.45, 7) is 8.47. The van der Waals surface area contributed by atoms with Gasteiger partial charge in [-0.1, -0.05) is 33.6 Å². The molecule has 2 saturated carbocycles. The van der Waals surface area contributed by atoms with Crippen molar-refractivity contribution in [2.75, 3.05) is 13.2 Å². The summed E-state index contributed by atoms with van der Waals surface area (Å²) in [6, 6.07) is 0.388. The summed E-state index contributed by atoms with van der Waals surface area (Å²) in [7, 11) is 0. The molecule has 0 aliphatic heterocycles. The summed E-state index contributed by atoms with van der Waals surface area (Å²) >= 11 is 0. The number of halogens is 1. The molecule has 0 heterocycles. The minimum Gasteiger partial charge on any atom is -0.378 e. The van der Waals surface area contributed by atoms with Gasteiger partial charge < -0.3 is 15.8 Å². The van der Waals surface area contributed by atoms with E-state index in [-0.39, 0.29) is 29.4 Å². The molecule has 4 nitrogen and oxygen atoms in total. The van der Waals surface area contributed by atoms with Gasteiger partial charge in [-0.05, 0) is 31.6 Å². The molecule has 5 heteroatoms. The van der Waals surface area contributed by atoms with Crippen LogP contribution >= 0.6 is 24.0 Å². The number of ether oxygens (including phenoxy) is 1. The van der Waals surface area contributed by atoms with E-state index < -0.39 is 0 Å². The van der Waals surface area contributed by atoms with Gasteiger partial charge in [0.05, 0.1) is 6.10 Å². The molecule has 2 unspecified atom stereocenters. The van der Waals surface area contributed by atoms with E-state index in [2.05, 4.69) is 31.1 Å². The number of aliphatic imine (C=N–C) groups is 1. The molecule has 0 bridgehead atoms. The normalized spacial score (nSPS) is 28.2. The molecule has 0 amide bonds. The molecule has 0 radical (unpaired) electrons. The number of hydrogen-bond donors (Lipinski definition) is 2. The second-order valence-electron chi connectivity index (χ2n) is 6.99. The summed E-state index contributed by atoms with van der Waals surface area (Å²) in [5.74, 6) is 1.39. The lowest BCUT2D eigenvalue weighted by Gasteiger charge is -2.51. The topological polar surface area (TPSA) is 59.6 Å². The Labute approximate surface area is 146 Å². The molecule has 2 aliphatic rings. The lowest BCUT2D eigenvalue weighted by atomic mass is 9.64. The average Bonchev–Trinajstić information content (AvgIpc) is 2.35. The van der Waals surface area contributed by atoms with Gasteiger partial charge in [0.1, 0.15) is 0 Å². The van der Waals surface area contributed by atoms with Crippen molar-refractivity contribution in [2.45, 2.75) is 71.4 Å². The SMILES string of the molecule is CCCCOC1CC(NC(N)=NCC2CCC2)C1(C)C.I. The van der Waals surface area contributed by atoms with Crippen molar-refractivity contribution >= 4 is 29.9 Å². The first-order chi connectivity index (χ1) is 9.54. The molecule has 124 valence electrons. The average molecular weight is 409 g/mol. The minimum atomic E-state index is 0. The minimum absolute atomic E-state index is 0. The summed E-state index contributed by atoms with van der Waals surface area (Å²) < 4.78 is 5.95. The lowest BCUT2D eigenvalue weighted by molar-refractivity contribution is -0.113. The molecule has 21 heavy (non-hydrogen) atoms. The Morgan fingerprint density at radius 2 is 2.10 bits per heavy atom. The molecule has 2 fully saturated rings. The maximum atomic E-state index is 6.00. The predicted molar refractivity (Wildman–Crippen MR) is 99.2 cm³/mol. The molecule has 0 aromatic carbocycles. The van der Waals surface area contributed by atoms with Gasteiger partial charge in [-0.3, -0.25) is 4.99 Å². The van der Waals surface area contributed by atoms with Crippen LogP contribution in [-0.4, -0.2) is 31.3 Å². The highest BCUT2D eigenvalue weighted by Crippen LogP contribution is 2.42. The first-order valence-corrected chi connectivity index (χ1v) is 8.22. The number of hydrogen-bond acceptors (Lipinski definition) is 2. The second kappa shape index (κ2) is 8.56. The second-order valence-corrected chi connectivity index (χ2v) is 6.99. The standard InChI is InChI=1S/C16H31N3O.HI/c1-4-5-9-20-14-10-13(16(14,2)3)19-15(17)18-11-12-7-6-8-12;/h12-14H,4-11H2,1-3H3,(H3,17,18,19);1H. The summed E-state index contributed by atoms with van der Waals surface area (Å²) in [5.41, 5.74) is 6.14.